The molecule has 4 aliphatic carbocycles. The van der Waals surface area contributed by atoms with E-state index in [-0.39, 0.29) is 61.5 Å². The monoisotopic (exact) mass is 513 g/mol. The molecule has 4 aliphatic rings. The molecule has 0 atom stereocenters. The second-order valence-corrected chi connectivity index (χ2v) is 10.2. The summed E-state index contributed by atoms with van der Waals surface area (Å²) in [5, 5.41) is 11.0. The van der Waals surface area contributed by atoms with E-state index in [1.807, 2.05) is 0 Å². The van der Waals surface area contributed by atoms with Crippen molar-refractivity contribution < 1.29 is 49.8 Å². The Morgan fingerprint density at radius 2 is 1.40 bits per heavy atom. The SMILES string of the molecule is O=C(CO[C@H]1C[C@@H](OC(F)(F)F)C1)NC1CC2(C1)CC(c1nnc(C3CC(OC(F)(F)F)C3)o1)C2. The van der Waals surface area contributed by atoms with E-state index < -0.39 is 31.0 Å². The van der Waals surface area contributed by atoms with Crippen molar-refractivity contribution in [2.75, 3.05) is 6.61 Å². The highest BCUT2D eigenvalue weighted by molar-refractivity contribution is 5.77. The molecule has 1 amide bonds. The molecule has 8 nitrogen and oxygen atoms in total. The number of hydrogen-bond acceptors (Lipinski definition) is 7. The maximum absolute atomic E-state index is 12.2. The number of nitrogens with one attached hydrogen (secondary N) is 1. The topological polar surface area (TPSA) is 95.7 Å². The minimum Gasteiger partial charge on any atom is -0.425 e. The van der Waals surface area contributed by atoms with Crippen LogP contribution in [0.2, 0.25) is 0 Å². The average molecular weight is 513 g/mol. The highest BCUT2D eigenvalue weighted by Gasteiger charge is 2.55. The lowest BCUT2D eigenvalue weighted by Crippen LogP contribution is -2.56. The molecule has 0 saturated heterocycles. The molecule has 5 rings (SSSR count). The van der Waals surface area contributed by atoms with Crippen LogP contribution in [0.3, 0.4) is 0 Å². The van der Waals surface area contributed by atoms with Gasteiger partial charge in [0.2, 0.25) is 17.7 Å². The highest BCUT2D eigenvalue weighted by Crippen LogP contribution is 2.61. The third-order valence-corrected chi connectivity index (χ3v) is 7.43. The van der Waals surface area contributed by atoms with Crippen molar-refractivity contribution >= 4 is 5.91 Å². The van der Waals surface area contributed by atoms with Crippen LogP contribution < -0.4 is 5.32 Å². The number of ether oxygens (including phenoxy) is 3. The third kappa shape index (κ3) is 5.91. The van der Waals surface area contributed by atoms with Gasteiger partial charge in [0, 0.05) is 30.7 Å². The quantitative estimate of drug-likeness (QED) is 0.524. The fraction of sp³-hybridized carbons (Fsp3) is 0.857. The zero-order valence-corrected chi connectivity index (χ0v) is 18.5. The Labute approximate surface area is 196 Å². The Hall–Kier alpha value is -1.93. The number of aromatic nitrogens is 2. The number of amides is 1. The molecule has 0 aliphatic heterocycles. The zero-order chi connectivity index (χ0) is 25.0. The van der Waals surface area contributed by atoms with Crippen LogP contribution in [0.15, 0.2) is 4.42 Å². The summed E-state index contributed by atoms with van der Waals surface area (Å²) in [6.07, 6.45) is -7.58. The average Bonchev–Trinajstić information content (AvgIpc) is 3.07. The summed E-state index contributed by atoms with van der Waals surface area (Å²) < 4.78 is 92.0. The summed E-state index contributed by atoms with van der Waals surface area (Å²) in [7, 11) is 0. The summed E-state index contributed by atoms with van der Waals surface area (Å²) in [6.45, 7) is -0.198. The first-order valence-corrected chi connectivity index (χ1v) is 11.6. The summed E-state index contributed by atoms with van der Waals surface area (Å²) >= 11 is 0. The first-order chi connectivity index (χ1) is 16.3. The molecule has 1 aromatic rings. The minimum absolute atomic E-state index is 0.0218. The molecule has 1 heterocycles. The van der Waals surface area contributed by atoms with E-state index in [4.69, 9.17) is 9.15 Å². The fourth-order valence-corrected chi connectivity index (χ4v) is 5.61. The first-order valence-electron chi connectivity index (χ1n) is 11.6. The standard InChI is InChI=1S/C21H25F6N3O5/c22-20(23,24)34-14-1-10(2-14)17-29-30-18(33-17)11-5-19(6-11)7-12(8-19)28-16(31)9-32-13-3-15(4-13)35-21(25,26)27/h10-15H,1-9H2,(H,28,31)/t10?,11?,12?,13-,14?,15+,19?. The fourth-order valence-electron chi connectivity index (χ4n) is 5.61. The Balaban J connectivity index is 0.955. The summed E-state index contributed by atoms with van der Waals surface area (Å²) in [5.74, 6) is 0.440. The lowest BCUT2D eigenvalue weighted by Gasteiger charge is -2.57. The van der Waals surface area contributed by atoms with E-state index in [0.717, 1.165) is 25.7 Å². The molecule has 0 radical (unpaired) electrons. The molecule has 0 aromatic carbocycles. The molecule has 1 N–H and O–H groups in total. The van der Waals surface area contributed by atoms with E-state index in [0.29, 0.717) is 11.8 Å². The van der Waals surface area contributed by atoms with Crippen LogP contribution in [0.25, 0.3) is 0 Å². The number of hydrogen-bond donors (Lipinski definition) is 1. The van der Waals surface area contributed by atoms with Crippen LogP contribution in [-0.2, 0) is 19.0 Å². The van der Waals surface area contributed by atoms with Gasteiger partial charge in [-0.3, -0.25) is 14.3 Å². The van der Waals surface area contributed by atoms with Crippen LogP contribution >= 0.6 is 0 Å². The number of alkyl halides is 6. The molecule has 0 bridgehead atoms. The van der Waals surface area contributed by atoms with Gasteiger partial charge in [-0.05, 0) is 43.9 Å². The van der Waals surface area contributed by atoms with Crippen molar-refractivity contribution in [3.05, 3.63) is 11.8 Å². The zero-order valence-electron chi connectivity index (χ0n) is 18.5. The van der Waals surface area contributed by atoms with Crippen LogP contribution in [0, 0.1) is 5.41 Å². The summed E-state index contributed by atoms with van der Waals surface area (Å²) in [5.41, 5.74) is 0.107. The van der Waals surface area contributed by atoms with Gasteiger partial charge >= 0.3 is 12.7 Å². The van der Waals surface area contributed by atoms with Crippen LogP contribution in [0.5, 0.6) is 0 Å². The molecular weight excluding hydrogens is 488 g/mol. The van der Waals surface area contributed by atoms with Gasteiger partial charge in [0.15, 0.2) is 0 Å². The van der Waals surface area contributed by atoms with Crippen LogP contribution in [-0.4, -0.2) is 59.8 Å². The molecular formula is C21H25F6N3O5. The molecule has 196 valence electrons. The molecule has 35 heavy (non-hydrogen) atoms. The van der Waals surface area contributed by atoms with Gasteiger partial charge in [-0.2, -0.15) is 0 Å². The van der Waals surface area contributed by atoms with E-state index in [1.165, 1.54) is 0 Å². The summed E-state index contributed by atoms with van der Waals surface area (Å²) in [4.78, 5) is 12.1. The molecule has 14 heteroatoms. The maximum atomic E-state index is 12.2. The number of halogens is 6. The smallest absolute Gasteiger partial charge is 0.425 e. The van der Waals surface area contributed by atoms with Crippen molar-refractivity contribution in [1.29, 1.82) is 0 Å². The van der Waals surface area contributed by atoms with Crippen molar-refractivity contribution in [2.45, 2.75) is 100 Å². The van der Waals surface area contributed by atoms with E-state index >= 15 is 0 Å². The second-order valence-electron chi connectivity index (χ2n) is 10.2. The van der Waals surface area contributed by atoms with Crippen LogP contribution in [0.1, 0.15) is 75.0 Å². The van der Waals surface area contributed by atoms with Gasteiger partial charge in [0.25, 0.3) is 0 Å². The van der Waals surface area contributed by atoms with Gasteiger partial charge in [-0.25, -0.2) is 0 Å². The molecule has 1 spiro atoms. The number of nitrogens with zero attached hydrogens (tertiary/aromatic N) is 2. The van der Waals surface area contributed by atoms with Crippen molar-refractivity contribution in [1.82, 2.24) is 15.5 Å². The number of rotatable bonds is 8. The van der Waals surface area contributed by atoms with Gasteiger partial charge in [-0.1, -0.05) is 0 Å². The maximum Gasteiger partial charge on any atom is 0.522 e. The Bertz CT molecular complexity index is 911. The highest BCUT2D eigenvalue weighted by atomic mass is 19.4. The summed E-state index contributed by atoms with van der Waals surface area (Å²) in [6, 6.07) is 0.0218. The number of carbonyl (C=O) groups is 1. The molecule has 1 aromatic heterocycles. The lowest BCUT2D eigenvalue weighted by atomic mass is 9.50. The predicted octanol–water partition coefficient (Wildman–Crippen LogP) is 4.08. The molecule has 0 unspecified atom stereocenters. The van der Waals surface area contributed by atoms with Gasteiger partial charge in [0.1, 0.15) is 6.61 Å². The molecule has 4 saturated carbocycles. The minimum atomic E-state index is -4.66. The van der Waals surface area contributed by atoms with Crippen molar-refractivity contribution in [3.63, 3.8) is 0 Å². The Morgan fingerprint density at radius 1 is 0.857 bits per heavy atom. The Morgan fingerprint density at radius 3 is 1.97 bits per heavy atom. The van der Waals surface area contributed by atoms with Crippen LogP contribution in [0.4, 0.5) is 26.3 Å². The third-order valence-electron chi connectivity index (χ3n) is 7.43. The predicted molar refractivity (Wildman–Crippen MR) is 103 cm³/mol. The first kappa shape index (κ1) is 24.8. The van der Waals surface area contributed by atoms with E-state index in [1.54, 1.807) is 0 Å². The van der Waals surface area contributed by atoms with Gasteiger partial charge in [-0.15, -0.1) is 36.5 Å². The van der Waals surface area contributed by atoms with Gasteiger partial charge in [0.05, 0.1) is 18.3 Å². The Kier molecular flexibility index (Phi) is 6.27. The molecule has 4 fully saturated rings. The normalized spacial score (nSPS) is 36.6. The van der Waals surface area contributed by atoms with E-state index in [2.05, 4.69) is 25.0 Å². The van der Waals surface area contributed by atoms with Crippen molar-refractivity contribution in [2.24, 2.45) is 5.41 Å². The van der Waals surface area contributed by atoms with Crippen molar-refractivity contribution in [3.8, 4) is 0 Å². The lowest BCUT2D eigenvalue weighted by molar-refractivity contribution is -0.357. The largest absolute Gasteiger partial charge is 0.522 e. The van der Waals surface area contributed by atoms with Gasteiger partial charge < -0.3 is 14.5 Å². The van der Waals surface area contributed by atoms with E-state index in [9.17, 15) is 31.1 Å². The number of carbonyl (C=O) groups excluding carboxylic acids is 1. The second kappa shape index (κ2) is 8.87.